The molecule has 0 aliphatic rings. The van der Waals surface area contributed by atoms with Crippen molar-refractivity contribution in [2.24, 2.45) is 0 Å². The average molecular weight is 505 g/mol. The summed E-state index contributed by atoms with van der Waals surface area (Å²) < 4.78 is 65.4. The summed E-state index contributed by atoms with van der Waals surface area (Å²) in [6.07, 6.45) is -3.24. The van der Waals surface area contributed by atoms with E-state index in [1.165, 1.54) is 30.3 Å². The lowest BCUT2D eigenvalue weighted by Gasteiger charge is -2.19. The van der Waals surface area contributed by atoms with E-state index >= 15 is 0 Å². The average Bonchev–Trinajstić information content (AvgIpc) is 2.82. The fourth-order valence-electron chi connectivity index (χ4n) is 3.82. The molecule has 4 nitrogen and oxygen atoms in total. The molecule has 3 aromatic carbocycles. The maximum absolute atomic E-state index is 13.8. The van der Waals surface area contributed by atoms with E-state index in [1.54, 1.807) is 13.0 Å². The van der Waals surface area contributed by atoms with E-state index in [2.05, 4.69) is 0 Å². The molecule has 0 heterocycles. The van der Waals surface area contributed by atoms with Gasteiger partial charge >= 0.3 is 12.1 Å². The van der Waals surface area contributed by atoms with Gasteiger partial charge in [0.2, 0.25) is 0 Å². The van der Waals surface area contributed by atoms with Gasteiger partial charge in [0.25, 0.3) is 0 Å². The van der Waals surface area contributed by atoms with E-state index in [0.29, 0.717) is 25.2 Å². The Morgan fingerprint density at radius 3 is 2.47 bits per heavy atom. The Morgan fingerprint density at radius 2 is 1.81 bits per heavy atom. The minimum atomic E-state index is -4.54. The Balaban J connectivity index is 1.67. The Bertz CT molecular complexity index is 1190. The van der Waals surface area contributed by atoms with Crippen LogP contribution in [0, 0.1) is 5.82 Å². The first-order chi connectivity index (χ1) is 17.1. The number of carboxylic acids is 1. The Hall–Kier alpha value is -3.55. The second-order valence-electron chi connectivity index (χ2n) is 8.46. The van der Waals surface area contributed by atoms with Gasteiger partial charge in [0.1, 0.15) is 17.3 Å². The van der Waals surface area contributed by atoms with E-state index in [0.717, 1.165) is 29.7 Å². The molecule has 0 aliphatic carbocycles. The molecule has 0 spiro atoms. The molecule has 3 aromatic rings. The molecule has 0 saturated carbocycles. The summed E-state index contributed by atoms with van der Waals surface area (Å²) in [5.74, 6) is -0.539. The van der Waals surface area contributed by atoms with Crippen molar-refractivity contribution in [3.8, 4) is 22.6 Å². The molecule has 0 unspecified atom stereocenters. The van der Waals surface area contributed by atoms with Gasteiger partial charge in [-0.3, -0.25) is 4.79 Å². The smallest absolute Gasteiger partial charge is 0.416 e. The predicted octanol–water partition coefficient (Wildman–Crippen LogP) is 7.33. The van der Waals surface area contributed by atoms with Crippen molar-refractivity contribution in [1.82, 2.24) is 0 Å². The molecular formula is C28H28F4O4. The summed E-state index contributed by atoms with van der Waals surface area (Å²) >= 11 is 0. The predicted molar refractivity (Wildman–Crippen MR) is 129 cm³/mol. The molecule has 0 aliphatic heterocycles. The van der Waals surface area contributed by atoms with Crippen molar-refractivity contribution in [3.63, 3.8) is 0 Å². The molecule has 3 rings (SSSR count). The lowest BCUT2D eigenvalue weighted by molar-refractivity contribution is -0.138. The van der Waals surface area contributed by atoms with Crippen LogP contribution in [-0.4, -0.2) is 23.8 Å². The maximum atomic E-state index is 13.8. The first kappa shape index (κ1) is 27.0. The number of hydrogen-bond acceptors (Lipinski definition) is 3. The second-order valence-corrected chi connectivity index (χ2v) is 8.46. The summed E-state index contributed by atoms with van der Waals surface area (Å²) in [6, 6.07) is 14.1. The van der Waals surface area contributed by atoms with Gasteiger partial charge in [-0.15, -0.1) is 0 Å². The van der Waals surface area contributed by atoms with Gasteiger partial charge in [-0.1, -0.05) is 25.1 Å². The SMILES string of the molecule is CCc1cc(OCC[C@@H](C)Oc2ccc(C(F)(F)F)cc2-c2cccc(F)c2)ccc1CCC(=O)O. The van der Waals surface area contributed by atoms with Crippen LogP contribution in [0.25, 0.3) is 11.1 Å². The molecule has 0 amide bonds. The van der Waals surface area contributed by atoms with Crippen LogP contribution < -0.4 is 9.47 Å². The molecule has 1 N–H and O–H groups in total. The molecular weight excluding hydrogens is 476 g/mol. The number of aliphatic carboxylic acids is 1. The highest BCUT2D eigenvalue weighted by molar-refractivity contribution is 5.71. The number of carboxylic acid groups (broad SMARTS) is 1. The third kappa shape index (κ3) is 7.47. The van der Waals surface area contributed by atoms with Gasteiger partial charge < -0.3 is 14.6 Å². The summed E-state index contributed by atoms with van der Waals surface area (Å²) in [5, 5.41) is 8.91. The zero-order valence-corrected chi connectivity index (χ0v) is 20.1. The molecule has 0 radical (unpaired) electrons. The molecule has 0 saturated heterocycles. The topological polar surface area (TPSA) is 55.8 Å². The highest BCUT2D eigenvalue weighted by Gasteiger charge is 2.31. The monoisotopic (exact) mass is 504 g/mol. The number of benzene rings is 3. The molecule has 1 atom stereocenters. The molecule has 192 valence electrons. The van der Waals surface area contributed by atoms with Crippen LogP contribution in [0.15, 0.2) is 60.7 Å². The van der Waals surface area contributed by atoms with Gasteiger partial charge in [-0.05, 0) is 78.9 Å². The Kier molecular flexibility index (Phi) is 8.96. The molecule has 0 aromatic heterocycles. The molecule has 8 heteroatoms. The van der Waals surface area contributed by atoms with Crippen LogP contribution in [0.1, 0.15) is 43.4 Å². The number of ether oxygens (including phenoxy) is 2. The molecule has 0 bridgehead atoms. The van der Waals surface area contributed by atoms with E-state index in [1.807, 2.05) is 19.1 Å². The maximum Gasteiger partial charge on any atom is 0.416 e. The number of aryl methyl sites for hydroxylation is 2. The van der Waals surface area contributed by atoms with E-state index in [-0.39, 0.29) is 23.3 Å². The van der Waals surface area contributed by atoms with Crippen LogP contribution in [0.2, 0.25) is 0 Å². The fourth-order valence-corrected chi connectivity index (χ4v) is 3.82. The number of alkyl halides is 3. The van der Waals surface area contributed by atoms with Crippen molar-refractivity contribution < 1.29 is 36.9 Å². The van der Waals surface area contributed by atoms with Crippen LogP contribution in [0.3, 0.4) is 0 Å². The first-order valence-electron chi connectivity index (χ1n) is 11.7. The van der Waals surface area contributed by atoms with Crippen molar-refractivity contribution >= 4 is 5.97 Å². The lowest BCUT2D eigenvalue weighted by Crippen LogP contribution is -2.16. The molecule has 0 fully saturated rings. The summed E-state index contributed by atoms with van der Waals surface area (Å²) in [5.41, 5.74) is 1.58. The zero-order chi connectivity index (χ0) is 26.3. The van der Waals surface area contributed by atoms with Crippen molar-refractivity contribution in [1.29, 1.82) is 0 Å². The van der Waals surface area contributed by atoms with Gasteiger partial charge in [-0.2, -0.15) is 13.2 Å². The quantitative estimate of drug-likeness (QED) is 0.278. The summed E-state index contributed by atoms with van der Waals surface area (Å²) in [7, 11) is 0. The van der Waals surface area contributed by atoms with E-state index in [4.69, 9.17) is 14.6 Å². The summed E-state index contributed by atoms with van der Waals surface area (Å²) in [6.45, 7) is 4.07. The molecule has 36 heavy (non-hydrogen) atoms. The van der Waals surface area contributed by atoms with Gasteiger partial charge in [0, 0.05) is 18.4 Å². The van der Waals surface area contributed by atoms with Crippen LogP contribution >= 0.6 is 0 Å². The van der Waals surface area contributed by atoms with Gasteiger partial charge in [-0.25, -0.2) is 4.39 Å². The van der Waals surface area contributed by atoms with Crippen molar-refractivity contribution in [3.05, 3.63) is 83.2 Å². The third-order valence-corrected chi connectivity index (χ3v) is 5.73. The third-order valence-electron chi connectivity index (χ3n) is 5.73. The second kappa shape index (κ2) is 11.9. The van der Waals surface area contributed by atoms with Gasteiger partial charge in [0.05, 0.1) is 18.3 Å². The number of hydrogen-bond donors (Lipinski definition) is 1. The standard InChI is InChI=1S/C28H28F4O4/c1-3-19-16-24(10-7-20(19)8-12-27(33)34)35-14-13-18(2)36-26-11-9-22(28(30,31)32)17-25(26)21-5-4-6-23(29)15-21/h4-7,9-11,15-18H,3,8,12-14H2,1-2H3,(H,33,34)/t18-/m1/s1. The number of rotatable bonds is 11. The first-order valence-corrected chi connectivity index (χ1v) is 11.7. The number of halogens is 4. The van der Waals surface area contributed by atoms with Gasteiger partial charge in [0.15, 0.2) is 0 Å². The van der Waals surface area contributed by atoms with Crippen molar-refractivity contribution in [2.45, 2.75) is 51.8 Å². The Labute approximate surface area is 207 Å². The Morgan fingerprint density at radius 1 is 1.03 bits per heavy atom. The van der Waals surface area contributed by atoms with Crippen LogP contribution in [-0.2, 0) is 23.8 Å². The van der Waals surface area contributed by atoms with E-state index < -0.39 is 29.6 Å². The minimum Gasteiger partial charge on any atom is -0.493 e. The van der Waals surface area contributed by atoms with E-state index in [9.17, 15) is 22.4 Å². The largest absolute Gasteiger partial charge is 0.493 e. The zero-order valence-electron chi connectivity index (χ0n) is 20.1. The van der Waals surface area contributed by atoms with Crippen LogP contribution in [0.4, 0.5) is 17.6 Å². The normalized spacial score (nSPS) is 12.3. The highest BCUT2D eigenvalue weighted by Crippen LogP contribution is 2.38. The number of carbonyl (C=O) groups is 1. The highest BCUT2D eigenvalue weighted by atomic mass is 19.4. The van der Waals surface area contributed by atoms with Crippen LogP contribution in [0.5, 0.6) is 11.5 Å². The van der Waals surface area contributed by atoms with Crippen molar-refractivity contribution in [2.75, 3.05) is 6.61 Å². The fraction of sp³-hybridized carbons (Fsp3) is 0.321. The summed E-state index contributed by atoms with van der Waals surface area (Å²) in [4.78, 5) is 10.8. The lowest BCUT2D eigenvalue weighted by atomic mass is 10.0. The minimum absolute atomic E-state index is 0.0591.